The van der Waals surface area contributed by atoms with E-state index >= 15 is 0 Å². The molecule has 1 saturated heterocycles. The van der Waals surface area contributed by atoms with Crippen LogP contribution in [0.25, 0.3) is 0 Å². The summed E-state index contributed by atoms with van der Waals surface area (Å²) in [4.78, 5) is 0. The lowest BCUT2D eigenvalue weighted by Gasteiger charge is -2.22. The van der Waals surface area contributed by atoms with E-state index in [0.717, 1.165) is 12.3 Å². The summed E-state index contributed by atoms with van der Waals surface area (Å²) in [6.45, 7) is 4.53. The zero-order valence-electron chi connectivity index (χ0n) is 9.79. The van der Waals surface area contributed by atoms with E-state index in [2.05, 4.69) is 35.1 Å². The SMILES string of the molecule is CCc1cc(CC2CCNCC2)n(C)n1. The van der Waals surface area contributed by atoms with E-state index in [0.29, 0.717) is 0 Å². The van der Waals surface area contributed by atoms with Gasteiger partial charge in [-0.05, 0) is 50.8 Å². The van der Waals surface area contributed by atoms with E-state index in [1.807, 2.05) is 0 Å². The summed E-state index contributed by atoms with van der Waals surface area (Å²) in [6.07, 6.45) is 4.87. The molecule has 0 atom stereocenters. The first-order valence-electron chi connectivity index (χ1n) is 6.02. The molecule has 1 aromatic heterocycles. The first-order valence-corrected chi connectivity index (χ1v) is 6.02. The van der Waals surface area contributed by atoms with Crippen molar-refractivity contribution in [1.29, 1.82) is 0 Å². The topological polar surface area (TPSA) is 29.9 Å². The van der Waals surface area contributed by atoms with Crippen LogP contribution in [0.4, 0.5) is 0 Å². The Balaban J connectivity index is 1.99. The van der Waals surface area contributed by atoms with Crippen LogP contribution in [0.3, 0.4) is 0 Å². The van der Waals surface area contributed by atoms with Crippen LogP contribution >= 0.6 is 0 Å². The minimum Gasteiger partial charge on any atom is -0.317 e. The van der Waals surface area contributed by atoms with Gasteiger partial charge in [-0.15, -0.1) is 0 Å². The van der Waals surface area contributed by atoms with Crippen molar-refractivity contribution >= 4 is 0 Å². The smallest absolute Gasteiger partial charge is 0.0624 e. The highest BCUT2D eigenvalue weighted by molar-refractivity contribution is 5.11. The molecule has 84 valence electrons. The molecule has 15 heavy (non-hydrogen) atoms. The van der Waals surface area contributed by atoms with Crippen molar-refractivity contribution in [1.82, 2.24) is 15.1 Å². The van der Waals surface area contributed by atoms with E-state index in [1.165, 1.54) is 43.7 Å². The molecule has 1 aromatic rings. The molecular weight excluding hydrogens is 186 g/mol. The maximum absolute atomic E-state index is 4.50. The summed E-state index contributed by atoms with van der Waals surface area (Å²) in [7, 11) is 2.07. The van der Waals surface area contributed by atoms with Crippen LogP contribution in [0.2, 0.25) is 0 Å². The van der Waals surface area contributed by atoms with E-state index in [9.17, 15) is 0 Å². The van der Waals surface area contributed by atoms with Crippen molar-refractivity contribution in [2.24, 2.45) is 13.0 Å². The van der Waals surface area contributed by atoms with Crippen molar-refractivity contribution in [3.8, 4) is 0 Å². The Morgan fingerprint density at radius 3 is 2.80 bits per heavy atom. The molecule has 0 spiro atoms. The third-order valence-electron chi connectivity index (χ3n) is 3.35. The first-order chi connectivity index (χ1) is 7.29. The number of nitrogens with zero attached hydrogens (tertiary/aromatic N) is 2. The standard InChI is InChI=1S/C12H21N3/c1-3-11-9-12(15(2)14-11)8-10-4-6-13-7-5-10/h9-10,13H,3-8H2,1-2H3. The van der Waals surface area contributed by atoms with Gasteiger partial charge in [0, 0.05) is 12.7 Å². The van der Waals surface area contributed by atoms with E-state index in [-0.39, 0.29) is 0 Å². The molecule has 1 fully saturated rings. The minimum atomic E-state index is 0.853. The lowest BCUT2D eigenvalue weighted by molar-refractivity contribution is 0.366. The average molecular weight is 207 g/mol. The van der Waals surface area contributed by atoms with Gasteiger partial charge < -0.3 is 5.32 Å². The van der Waals surface area contributed by atoms with Crippen LogP contribution in [-0.2, 0) is 19.9 Å². The van der Waals surface area contributed by atoms with Gasteiger partial charge in [-0.2, -0.15) is 5.10 Å². The Kier molecular flexibility index (Phi) is 3.41. The predicted molar refractivity (Wildman–Crippen MR) is 61.9 cm³/mol. The van der Waals surface area contributed by atoms with Gasteiger partial charge in [-0.1, -0.05) is 6.92 Å². The third-order valence-corrected chi connectivity index (χ3v) is 3.35. The fourth-order valence-corrected chi connectivity index (χ4v) is 2.32. The van der Waals surface area contributed by atoms with Crippen LogP contribution in [-0.4, -0.2) is 22.9 Å². The second-order valence-electron chi connectivity index (χ2n) is 4.50. The molecule has 1 aliphatic heterocycles. The van der Waals surface area contributed by atoms with Crippen LogP contribution in [0.5, 0.6) is 0 Å². The van der Waals surface area contributed by atoms with Gasteiger partial charge in [-0.3, -0.25) is 4.68 Å². The normalized spacial score (nSPS) is 18.3. The molecule has 0 saturated carbocycles. The van der Waals surface area contributed by atoms with Crippen molar-refractivity contribution < 1.29 is 0 Å². The maximum Gasteiger partial charge on any atom is 0.0624 e. The van der Waals surface area contributed by atoms with Gasteiger partial charge in [0.25, 0.3) is 0 Å². The molecule has 0 amide bonds. The predicted octanol–water partition coefficient (Wildman–Crippen LogP) is 1.52. The molecule has 2 heterocycles. The summed E-state index contributed by atoms with van der Waals surface area (Å²) in [5, 5.41) is 7.90. The van der Waals surface area contributed by atoms with Crippen LogP contribution in [0, 0.1) is 5.92 Å². The molecular formula is C12H21N3. The Labute approximate surface area is 91.9 Å². The Morgan fingerprint density at radius 1 is 1.47 bits per heavy atom. The van der Waals surface area contributed by atoms with Gasteiger partial charge in [0.05, 0.1) is 5.69 Å². The largest absolute Gasteiger partial charge is 0.317 e. The van der Waals surface area contributed by atoms with Gasteiger partial charge in [0.15, 0.2) is 0 Å². The third kappa shape index (κ3) is 2.59. The molecule has 1 N–H and O–H groups in total. The quantitative estimate of drug-likeness (QED) is 0.814. The highest BCUT2D eigenvalue weighted by Crippen LogP contribution is 2.18. The molecule has 0 unspecified atom stereocenters. The maximum atomic E-state index is 4.50. The summed E-state index contributed by atoms with van der Waals surface area (Å²) < 4.78 is 2.06. The van der Waals surface area contributed by atoms with Crippen LogP contribution in [0.15, 0.2) is 6.07 Å². The van der Waals surface area contributed by atoms with E-state index in [4.69, 9.17) is 0 Å². The van der Waals surface area contributed by atoms with Crippen molar-refractivity contribution in [3.05, 3.63) is 17.5 Å². The second-order valence-corrected chi connectivity index (χ2v) is 4.50. The summed E-state index contributed by atoms with van der Waals surface area (Å²) in [5.41, 5.74) is 2.63. The lowest BCUT2D eigenvalue weighted by atomic mass is 9.93. The van der Waals surface area contributed by atoms with Crippen LogP contribution < -0.4 is 5.32 Å². The molecule has 2 rings (SSSR count). The average Bonchev–Trinajstić information content (AvgIpc) is 2.61. The molecule has 0 radical (unpaired) electrons. The van der Waals surface area contributed by atoms with Gasteiger partial charge in [0.2, 0.25) is 0 Å². The summed E-state index contributed by atoms with van der Waals surface area (Å²) in [6, 6.07) is 2.27. The van der Waals surface area contributed by atoms with Gasteiger partial charge in [-0.25, -0.2) is 0 Å². The molecule has 0 aliphatic carbocycles. The van der Waals surface area contributed by atoms with Gasteiger partial charge >= 0.3 is 0 Å². The summed E-state index contributed by atoms with van der Waals surface area (Å²) >= 11 is 0. The number of aromatic nitrogens is 2. The Morgan fingerprint density at radius 2 is 2.20 bits per heavy atom. The highest BCUT2D eigenvalue weighted by atomic mass is 15.3. The number of rotatable bonds is 3. The minimum absolute atomic E-state index is 0.853. The first kappa shape index (κ1) is 10.7. The monoisotopic (exact) mass is 207 g/mol. The Bertz CT molecular complexity index is 311. The number of nitrogens with one attached hydrogen (secondary N) is 1. The molecule has 0 aromatic carbocycles. The fourth-order valence-electron chi connectivity index (χ4n) is 2.32. The van der Waals surface area contributed by atoms with Crippen molar-refractivity contribution in [2.75, 3.05) is 13.1 Å². The van der Waals surface area contributed by atoms with E-state index in [1.54, 1.807) is 0 Å². The second kappa shape index (κ2) is 4.79. The van der Waals surface area contributed by atoms with Crippen LogP contribution in [0.1, 0.15) is 31.2 Å². The van der Waals surface area contributed by atoms with E-state index < -0.39 is 0 Å². The van der Waals surface area contributed by atoms with Crippen molar-refractivity contribution in [3.63, 3.8) is 0 Å². The van der Waals surface area contributed by atoms with Gasteiger partial charge in [0.1, 0.15) is 0 Å². The fraction of sp³-hybridized carbons (Fsp3) is 0.750. The lowest BCUT2D eigenvalue weighted by Crippen LogP contribution is -2.29. The Hall–Kier alpha value is -0.830. The zero-order chi connectivity index (χ0) is 10.7. The number of piperidine rings is 1. The molecule has 3 heteroatoms. The zero-order valence-corrected chi connectivity index (χ0v) is 9.79. The highest BCUT2D eigenvalue weighted by Gasteiger charge is 2.15. The molecule has 3 nitrogen and oxygen atoms in total. The molecule has 0 bridgehead atoms. The van der Waals surface area contributed by atoms with Crippen molar-refractivity contribution in [2.45, 2.75) is 32.6 Å². The molecule has 1 aliphatic rings. The number of hydrogen-bond donors (Lipinski definition) is 1. The number of hydrogen-bond acceptors (Lipinski definition) is 2. The number of aryl methyl sites for hydroxylation is 2. The summed E-state index contributed by atoms with van der Waals surface area (Å²) in [5.74, 6) is 0.853.